The van der Waals surface area contributed by atoms with Crippen LogP contribution in [0.5, 0.6) is 5.75 Å². The number of aromatic nitrogens is 3. The average molecular weight is 680 g/mol. The maximum absolute atomic E-state index is 13.5. The van der Waals surface area contributed by atoms with Crippen LogP contribution in [0.25, 0.3) is 5.65 Å². The van der Waals surface area contributed by atoms with Gasteiger partial charge in [0.15, 0.2) is 5.65 Å². The quantitative estimate of drug-likeness (QED) is 0.140. The Bertz CT molecular complexity index is 1820. The number of carbonyl (C=O) groups is 1. The predicted octanol–water partition coefficient (Wildman–Crippen LogP) is 6.08. The van der Waals surface area contributed by atoms with Crippen LogP contribution in [-0.2, 0) is 4.74 Å². The number of fused-ring (bicyclic) bond motifs is 2. The van der Waals surface area contributed by atoms with E-state index in [-0.39, 0.29) is 23.6 Å². The molecule has 1 aliphatic heterocycles. The van der Waals surface area contributed by atoms with Gasteiger partial charge >= 0.3 is 6.03 Å². The minimum Gasteiger partial charge on any atom is -0.484 e. The second-order valence-electron chi connectivity index (χ2n) is 14.1. The smallest absolute Gasteiger partial charge is 0.320 e. The van der Waals surface area contributed by atoms with Crippen molar-refractivity contribution in [1.29, 1.82) is 5.41 Å². The number of anilines is 2. The minimum absolute atomic E-state index is 0.185. The predicted molar refractivity (Wildman–Crippen MR) is 197 cm³/mol. The highest BCUT2D eigenvalue weighted by Crippen LogP contribution is 2.39. The van der Waals surface area contributed by atoms with Crippen molar-refractivity contribution < 1.29 is 14.3 Å². The zero-order chi connectivity index (χ0) is 35.3. The molecule has 0 bridgehead atoms. The first kappa shape index (κ1) is 34.9. The third-order valence-corrected chi connectivity index (χ3v) is 9.25. The normalized spacial score (nSPS) is 18.3. The van der Waals surface area contributed by atoms with E-state index < -0.39 is 0 Å². The van der Waals surface area contributed by atoms with Crippen molar-refractivity contribution in [3.8, 4) is 5.75 Å². The van der Waals surface area contributed by atoms with Crippen molar-refractivity contribution in [2.24, 2.45) is 5.41 Å². The van der Waals surface area contributed by atoms with E-state index >= 15 is 0 Å². The highest BCUT2D eigenvalue weighted by molar-refractivity contribution is 5.97. The second kappa shape index (κ2) is 15.3. The maximum atomic E-state index is 13.5. The molecule has 264 valence electrons. The number of likely N-dealkylation sites (N-methyl/N-ethyl adjacent to an activating group) is 1. The van der Waals surface area contributed by atoms with Crippen molar-refractivity contribution in [3.63, 3.8) is 0 Å². The van der Waals surface area contributed by atoms with E-state index in [1.165, 1.54) is 0 Å². The molecule has 0 radical (unpaired) electrons. The molecule has 0 saturated carbocycles. The van der Waals surface area contributed by atoms with E-state index in [1.54, 1.807) is 6.08 Å². The summed E-state index contributed by atoms with van der Waals surface area (Å²) in [5.74, 6) is 1.93. The summed E-state index contributed by atoms with van der Waals surface area (Å²) in [4.78, 5) is 18.0. The van der Waals surface area contributed by atoms with E-state index in [0.29, 0.717) is 24.4 Å². The van der Waals surface area contributed by atoms with Crippen LogP contribution in [0.4, 0.5) is 16.4 Å². The van der Waals surface area contributed by atoms with Gasteiger partial charge < -0.3 is 30.4 Å². The molecular weight excluding hydrogens is 630 g/mol. The van der Waals surface area contributed by atoms with Crippen LogP contribution in [0.1, 0.15) is 62.4 Å². The van der Waals surface area contributed by atoms with Gasteiger partial charge in [-0.15, -0.1) is 10.2 Å². The zero-order valence-electron chi connectivity index (χ0n) is 29.7. The fourth-order valence-corrected chi connectivity index (χ4v) is 6.17. The molecule has 1 saturated heterocycles. The van der Waals surface area contributed by atoms with Gasteiger partial charge in [0.1, 0.15) is 17.7 Å². The third-order valence-electron chi connectivity index (χ3n) is 9.25. The van der Waals surface area contributed by atoms with Crippen LogP contribution in [0, 0.1) is 17.7 Å². The highest BCUT2D eigenvalue weighted by Gasteiger charge is 2.30. The van der Waals surface area contributed by atoms with E-state index in [4.69, 9.17) is 14.9 Å². The van der Waals surface area contributed by atoms with E-state index in [1.807, 2.05) is 93.9 Å². The monoisotopic (exact) mass is 679 g/mol. The number of nitrogens with one attached hydrogen (secondary N) is 4. The van der Waals surface area contributed by atoms with Gasteiger partial charge in [0.05, 0.1) is 25.5 Å². The lowest BCUT2D eigenvalue weighted by Gasteiger charge is -2.32. The van der Waals surface area contributed by atoms with Gasteiger partial charge in [0.2, 0.25) is 5.95 Å². The number of ether oxygens (including phenoxy) is 2. The molecule has 2 aliphatic rings. The zero-order valence-corrected chi connectivity index (χ0v) is 29.7. The number of allylic oxidation sites excluding steroid dienone is 1. The molecule has 2 atom stereocenters. The number of carbonyl (C=O) groups excluding carboxylic acids is 1. The first-order valence-corrected chi connectivity index (χ1v) is 17.4. The Balaban J connectivity index is 1.13. The van der Waals surface area contributed by atoms with Gasteiger partial charge in [-0.25, -0.2) is 4.79 Å². The number of aryl methyl sites for hydroxylation is 1. The highest BCUT2D eigenvalue weighted by atomic mass is 16.5. The molecule has 50 heavy (non-hydrogen) atoms. The lowest BCUT2D eigenvalue weighted by atomic mass is 9.85. The molecule has 12 nitrogen and oxygen atoms in total. The molecular formula is C38H49N9O3. The summed E-state index contributed by atoms with van der Waals surface area (Å²) in [6.45, 7) is 13.2. The second-order valence-corrected chi connectivity index (χ2v) is 14.1. The summed E-state index contributed by atoms with van der Waals surface area (Å²) in [6, 6.07) is 19.3. The van der Waals surface area contributed by atoms with Crippen molar-refractivity contribution in [1.82, 2.24) is 30.1 Å². The average Bonchev–Trinajstić information content (AvgIpc) is 3.53. The Morgan fingerprint density at radius 3 is 2.52 bits per heavy atom. The van der Waals surface area contributed by atoms with Crippen molar-refractivity contribution in [2.45, 2.75) is 52.7 Å². The van der Waals surface area contributed by atoms with Gasteiger partial charge in [0, 0.05) is 56.1 Å². The molecule has 3 heterocycles. The number of hydrogen-bond donors (Lipinski definition) is 4. The molecule has 2 aromatic heterocycles. The number of hydrogen-bond acceptors (Lipinski definition) is 9. The molecule has 1 aliphatic carbocycles. The number of benzene rings is 2. The van der Waals surface area contributed by atoms with Gasteiger partial charge in [0.25, 0.3) is 0 Å². The van der Waals surface area contributed by atoms with Gasteiger partial charge in [-0.3, -0.25) is 14.6 Å². The Kier molecular flexibility index (Phi) is 10.7. The Morgan fingerprint density at radius 1 is 1.04 bits per heavy atom. The van der Waals surface area contributed by atoms with Gasteiger partial charge in [-0.05, 0) is 55.2 Å². The molecule has 1 fully saturated rings. The van der Waals surface area contributed by atoms with Crippen LogP contribution in [0.3, 0.4) is 0 Å². The lowest BCUT2D eigenvalue weighted by molar-refractivity contribution is 0.0392. The first-order valence-electron chi connectivity index (χ1n) is 17.4. The van der Waals surface area contributed by atoms with Crippen LogP contribution in [-0.4, -0.2) is 77.7 Å². The number of rotatable bonds is 11. The summed E-state index contributed by atoms with van der Waals surface area (Å²) in [7, 11) is 2.04. The number of urea groups is 1. The fourth-order valence-electron chi connectivity index (χ4n) is 6.17. The summed E-state index contributed by atoms with van der Waals surface area (Å²) >= 11 is 0. The van der Waals surface area contributed by atoms with E-state index in [9.17, 15) is 4.79 Å². The van der Waals surface area contributed by atoms with Crippen molar-refractivity contribution in [2.75, 3.05) is 56.7 Å². The topological polar surface area (TPSA) is 132 Å². The molecule has 0 spiro atoms. The molecule has 12 heteroatoms. The van der Waals surface area contributed by atoms with Crippen LogP contribution in [0.2, 0.25) is 0 Å². The Labute approximate surface area is 294 Å². The molecule has 2 amide bonds. The van der Waals surface area contributed by atoms with Gasteiger partial charge in [-0.1, -0.05) is 62.7 Å². The SMILES string of the molecule is Cc1ccc(N/C(=C\C(=N)C(C)(C)C)NC(=O)N[C@H]2CC[C@@H](Oc3ccc4nnc(N(C)CCN5CCOCC5)n4c3)c3ccccc32)cc1. The number of amides is 2. The number of nitrogens with zero attached hydrogens (tertiary/aromatic N) is 5. The van der Waals surface area contributed by atoms with Crippen LogP contribution in [0.15, 0.2) is 78.8 Å². The molecule has 2 aromatic carbocycles. The Morgan fingerprint density at radius 2 is 1.78 bits per heavy atom. The number of pyridine rings is 1. The standard InChI is InChI=1S/C38H49N9O3/c1-26-10-12-27(13-11-26)40-34(24-33(39)38(2,3)4)42-36(48)41-31-15-16-32(30-9-7-6-8-29(30)31)50-28-14-17-35-43-44-37(47(35)25-28)45(5)18-19-46-20-22-49-23-21-46/h6-14,17,24-25,31-32,39-40H,15-16,18-23H2,1-5H3,(H2,41,42,48)/b34-24+,39-33?/t31-,32+/m0/s1. The summed E-state index contributed by atoms with van der Waals surface area (Å²) < 4.78 is 14.1. The van der Waals surface area contributed by atoms with Crippen molar-refractivity contribution >= 4 is 29.0 Å². The number of morpholine rings is 1. The molecule has 4 aromatic rings. The van der Waals surface area contributed by atoms with Crippen LogP contribution >= 0.6 is 0 Å². The van der Waals surface area contributed by atoms with E-state index in [2.05, 4.69) is 48.1 Å². The summed E-state index contributed by atoms with van der Waals surface area (Å²) in [5, 5.41) is 26.9. The summed E-state index contributed by atoms with van der Waals surface area (Å²) in [5.41, 5.74) is 4.79. The lowest BCUT2D eigenvalue weighted by Crippen LogP contribution is -2.41. The van der Waals surface area contributed by atoms with E-state index in [0.717, 1.165) is 79.1 Å². The largest absolute Gasteiger partial charge is 0.484 e. The maximum Gasteiger partial charge on any atom is 0.320 e. The molecule has 6 rings (SSSR count). The summed E-state index contributed by atoms with van der Waals surface area (Å²) in [6.07, 6.45) is 4.86. The van der Waals surface area contributed by atoms with Crippen molar-refractivity contribution in [3.05, 3.63) is 95.4 Å². The fraction of sp³-hybridized carbons (Fsp3) is 0.421. The van der Waals surface area contributed by atoms with Crippen LogP contribution < -0.4 is 25.6 Å². The third kappa shape index (κ3) is 8.61. The first-order chi connectivity index (χ1) is 24.0. The Hall–Kier alpha value is -4.94. The molecule has 4 N–H and O–H groups in total. The molecule has 0 unspecified atom stereocenters. The van der Waals surface area contributed by atoms with Gasteiger partial charge in [-0.2, -0.15) is 0 Å². The minimum atomic E-state index is -0.380.